The molecule has 3 saturated carbocycles. The number of rotatable bonds is 15. The number of aliphatic hydroxyl groups excluding tert-OH is 3. The Morgan fingerprint density at radius 1 is 0.917 bits per heavy atom. The summed E-state index contributed by atoms with van der Waals surface area (Å²) in [5.74, 6) is 4.44. The number of hydrogen-bond acceptors (Lipinski definition) is 7. The molecule has 0 amide bonds. The molecule has 48 heavy (non-hydrogen) atoms. The summed E-state index contributed by atoms with van der Waals surface area (Å²) in [5, 5.41) is 32.1. The van der Waals surface area contributed by atoms with Crippen molar-refractivity contribution in [3.63, 3.8) is 0 Å². The van der Waals surface area contributed by atoms with Crippen molar-refractivity contribution in [2.45, 2.75) is 188 Å². The fraction of sp³-hybridized carbons (Fsp3) is 0.927. The monoisotopic (exact) mass is 675 g/mol. The molecule has 13 atom stereocenters. The first-order chi connectivity index (χ1) is 22.9. The van der Waals surface area contributed by atoms with Crippen molar-refractivity contribution in [2.24, 2.45) is 46.3 Å². The highest BCUT2D eigenvalue weighted by atomic mass is 16.7. The van der Waals surface area contributed by atoms with Gasteiger partial charge in [-0.2, -0.15) is 0 Å². The second-order valence-corrected chi connectivity index (χ2v) is 17.7. The molecule has 7 heteroatoms. The largest absolute Gasteiger partial charge is 0.463 e. The van der Waals surface area contributed by atoms with Crippen molar-refractivity contribution in [1.82, 2.24) is 0 Å². The molecule has 4 fully saturated rings. The first kappa shape index (κ1) is 38.2. The number of fused-ring (bicyclic) bond motifs is 5. The number of esters is 1. The Morgan fingerprint density at radius 3 is 2.44 bits per heavy atom. The fourth-order valence-electron chi connectivity index (χ4n) is 11.2. The Labute approximate surface area is 292 Å². The minimum Gasteiger partial charge on any atom is -0.463 e. The standard InChI is InChI=1S/C41H70O7/c1-7-8-9-10-11-15-35(42)46-25-34-36(43)37(44)38(45)39(48-34)47-29-20-22-40(5)28(24-29)16-17-30-32-19-18-31(27(4)14-12-13-26(2)3)41(32,6)23-21-33(30)40/h16,26-27,29-34,36-39,43-45H,7-15,17-25H2,1-6H3. The van der Waals surface area contributed by atoms with E-state index in [0.29, 0.717) is 17.8 Å². The maximum absolute atomic E-state index is 12.3. The first-order valence-corrected chi connectivity index (χ1v) is 20.1. The molecule has 0 bridgehead atoms. The molecule has 13 unspecified atom stereocenters. The van der Waals surface area contributed by atoms with Gasteiger partial charge in [0.15, 0.2) is 6.29 Å². The lowest BCUT2D eigenvalue weighted by Crippen LogP contribution is -2.60. The quantitative estimate of drug-likeness (QED) is 0.0915. The lowest BCUT2D eigenvalue weighted by atomic mass is 9.47. The predicted molar refractivity (Wildman–Crippen MR) is 189 cm³/mol. The Morgan fingerprint density at radius 2 is 1.69 bits per heavy atom. The van der Waals surface area contributed by atoms with Crippen LogP contribution in [0.1, 0.15) is 151 Å². The van der Waals surface area contributed by atoms with Crippen LogP contribution >= 0.6 is 0 Å². The third-order valence-electron chi connectivity index (χ3n) is 14.1. The van der Waals surface area contributed by atoms with Crippen LogP contribution in [-0.4, -0.2) is 64.7 Å². The highest BCUT2D eigenvalue weighted by Gasteiger charge is 2.59. The van der Waals surface area contributed by atoms with E-state index in [-0.39, 0.29) is 24.1 Å². The van der Waals surface area contributed by atoms with Gasteiger partial charge in [0, 0.05) is 6.42 Å². The van der Waals surface area contributed by atoms with E-state index in [9.17, 15) is 20.1 Å². The molecule has 7 nitrogen and oxygen atoms in total. The summed E-state index contributed by atoms with van der Waals surface area (Å²) in [4.78, 5) is 12.3. The maximum atomic E-state index is 12.3. The van der Waals surface area contributed by atoms with E-state index in [1.807, 2.05) is 0 Å². The van der Waals surface area contributed by atoms with Crippen LogP contribution in [0.15, 0.2) is 11.6 Å². The van der Waals surface area contributed by atoms with Gasteiger partial charge in [-0.25, -0.2) is 0 Å². The summed E-state index contributed by atoms with van der Waals surface area (Å²) >= 11 is 0. The van der Waals surface area contributed by atoms with Crippen LogP contribution in [0, 0.1) is 46.3 Å². The van der Waals surface area contributed by atoms with E-state index >= 15 is 0 Å². The van der Waals surface area contributed by atoms with Crippen molar-refractivity contribution < 1.29 is 34.3 Å². The lowest BCUT2D eigenvalue weighted by Gasteiger charge is -2.58. The van der Waals surface area contributed by atoms with E-state index in [4.69, 9.17) is 14.2 Å². The van der Waals surface area contributed by atoms with Gasteiger partial charge in [-0.3, -0.25) is 4.79 Å². The smallest absolute Gasteiger partial charge is 0.305 e. The van der Waals surface area contributed by atoms with Crippen LogP contribution < -0.4 is 0 Å². The summed E-state index contributed by atoms with van der Waals surface area (Å²) < 4.78 is 17.8. The van der Waals surface area contributed by atoms with E-state index in [1.165, 1.54) is 50.5 Å². The highest BCUT2D eigenvalue weighted by molar-refractivity contribution is 5.69. The molecule has 3 N–H and O–H groups in total. The first-order valence-electron chi connectivity index (χ1n) is 20.1. The fourth-order valence-corrected chi connectivity index (χ4v) is 11.2. The average Bonchev–Trinajstić information content (AvgIpc) is 3.41. The normalized spacial score (nSPS) is 41.7. The Hall–Kier alpha value is -0.990. The lowest BCUT2D eigenvalue weighted by molar-refractivity contribution is -0.313. The zero-order valence-corrected chi connectivity index (χ0v) is 31.2. The van der Waals surface area contributed by atoms with Crippen molar-refractivity contribution in [3.05, 3.63) is 11.6 Å². The SMILES string of the molecule is CCCCCCCC(=O)OCC1OC(OC2CCC3(C)C(=CCC4C3CCC3(C)C(C(C)CCCC(C)C)CCC43)C2)C(O)C(O)C1O. The van der Waals surface area contributed by atoms with Crippen LogP contribution in [0.2, 0.25) is 0 Å². The summed E-state index contributed by atoms with van der Waals surface area (Å²) in [7, 11) is 0. The second kappa shape index (κ2) is 16.6. The summed E-state index contributed by atoms with van der Waals surface area (Å²) in [6, 6.07) is 0. The molecule has 0 spiro atoms. The minimum absolute atomic E-state index is 0.134. The molecular formula is C41H70O7. The number of allylic oxidation sites excluding steroid dienone is 1. The second-order valence-electron chi connectivity index (χ2n) is 17.7. The average molecular weight is 675 g/mol. The van der Waals surface area contributed by atoms with Gasteiger partial charge in [-0.1, -0.05) is 98.1 Å². The van der Waals surface area contributed by atoms with Crippen molar-refractivity contribution in [1.29, 1.82) is 0 Å². The number of aliphatic hydroxyl groups is 3. The zero-order valence-electron chi connectivity index (χ0n) is 31.2. The van der Waals surface area contributed by atoms with Crippen LogP contribution in [-0.2, 0) is 19.0 Å². The molecule has 1 aliphatic heterocycles. The van der Waals surface area contributed by atoms with Crippen molar-refractivity contribution in [2.75, 3.05) is 6.61 Å². The Kier molecular flexibility index (Phi) is 13.2. The molecular weight excluding hydrogens is 604 g/mol. The van der Waals surface area contributed by atoms with E-state index in [0.717, 1.165) is 87.4 Å². The Balaban J connectivity index is 1.16. The highest BCUT2D eigenvalue weighted by Crippen LogP contribution is 2.67. The summed E-state index contributed by atoms with van der Waals surface area (Å²) in [6.45, 7) is 14.4. The number of carbonyl (C=O) groups excluding carboxylic acids is 1. The molecule has 0 aromatic rings. The van der Waals surface area contributed by atoms with Gasteiger partial charge >= 0.3 is 5.97 Å². The molecule has 1 saturated heterocycles. The van der Waals surface area contributed by atoms with E-state index < -0.39 is 30.7 Å². The van der Waals surface area contributed by atoms with Gasteiger partial charge < -0.3 is 29.5 Å². The molecule has 0 aromatic heterocycles. The van der Waals surface area contributed by atoms with Crippen LogP contribution in [0.3, 0.4) is 0 Å². The van der Waals surface area contributed by atoms with Gasteiger partial charge in [0.05, 0.1) is 6.10 Å². The van der Waals surface area contributed by atoms with Gasteiger partial charge in [0.2, 0.25) is 0 Å². The number of hydrogen-bond donors (Lipinski definition) is 3. The van der Waals surface area contributed by atoms with Gasteiger partial charge in [0.25, 0.3) is 0 Å². The summed E-state index contributed by atoms with van der Waals surface area (Å²) in [5.41, 5.74) is 2.15. The zero-order chi connectivity index (χ0) is 34.6. The molecule has 4 aliphatic carbocycles. The number of ether oxygens (including phenoxy) is 3. The van der Waals surface area contributed by atoms with Gasteiger partial charge in [-0.05, 0) is 104 Å². The molecule has 1 heterocycles. The van der Waals surface area contributed by atoms with Crippen LogP contribution in [0.5, 0.6) is 0 Å². The van der Waals surface area contributed by atoms with E-state index in [1.54, 1.807) is 0 Å². The molecule has 0 aromatic carbocycles. The maximum Gasteiger partial charge on any atom is 0.305 e. The Bertz CT molecular complexity index is 1080. The van der Waals surface area contributed by atoms with E-state index in [2.05, 4.69) is 47.6 Å². The molecule has 5 rings (SSSR count). The number of unbranched alkanes of at least 4 members (excludes halogenated alkanes) is 4. The van der Waals surface area contributed by atoms with Gasteiger partial charge in [-0.15, -0.1) is 0 Å². The van der Waals surface area contributed by atoms with Gasteiger partial charge in [0.1, 0.15) is 31.0 Å². The third-order valence-corrected chi connectivity index (χ3v) is 14.1. The predicted octanol–water partition coefficient (Wildman–Crippen LogP) is 8.12. The summed E-state index contributed by atoms with van der Waals surface area (Å²) in [6.07, 6.45) is 15.2. The van der Waals surface area contributed by atoms with Crippen molar-refractivity contribution in [3.8, 4) is 0 Å². The van der Waals surface area contributed by atoms with Crippen molar-refractivity contribution >= 4 is 5.97 Å². The third kappa shape index (κ3) is 8.22. The number of carbonyl (C=O) groups is 1. The minimum atomic E-state index is -1.44. The topological polar surface area (TPSA) is 105 Å². The van der Waals surface area contributed by atoms with Crippen LogP contribution in [0.4, 0.5) is 0 Å². The molecule has 0 radical (unpaired) electrons. The van der Waals surface area contributed by atoms with Crippen LogP contribution in [0.25, 0.3) is 0 Å². The molecule has 276 valence electrons. The molecule has 5 aliphatic rings.